The zero-order valence-corrected chi connectivity index (χ0v) is 24.4. The quantitative estimate of drug-likeness (QED) is 0.218. The van der Waals surface area contributed by atoms with Gasteiger partial charge in [0.2, 0.25) is 12.5 Å². The van der Waals surface area contributed by atoms with Crippen molar-refractivity contribution in [1.82, 2.24) is 24.8 Å². The van der Waals surface area contributed by atoms with Crippen LogP contribution in [-0.4, -0.2) is 89.1 Å². The number of ether oxygens (including phenoxy) is 1. The number of rotatable bonds is 7. The highest BCUT2D eigenvalue weighted by Gasteiger charge is 2.33. The van der Waals surface area contributed by atoms with E-state index in [4.69, 9.17) is 37.9 Å². The SMILES string of the molecule is [C-]#[N+]C[C@H]1CN(c2nc(OC[C@@H]3CCCN3C)nc3nc(-c4cccc5sccc45)c(Cl)cc23)CCN1C(=O)C=C. The molecule has 2 saturated heterocycles. The number of amides is 1. The summed E-state index contributed by atoms with van der Waals surface area (Å²) in [6.45, 7) is 14.2. The van der Waals surface area contributed by atoms with Crippen molar-refractivity contribution in [3.8, 4) is 17.3 Å². The first-order valence-corrected chi connectivity index (χ1v) is 14.9. The number of carbonyl (C=O) groups is 1. The highest BCUT2D eigenvalue weighted by Crippen LogP contribution is 2.38. The number of hydrogen-bond donors (Lipinski definition) is 0. The van der Waals surface area contributed by atoms with Crippen molar-refractivity contribution in [3.05, 3.63) is 64.8 Å². The largest absolute Gasteiger partial charge is 0.462 e. The molecular weight excluding hydrogens is 558 g/mol. The van der Waals surface area contributed by atoms with E-state index in [9.17, 15) is 4.79 Å². The first kappa shape index (κ1) is 27.4. The first-order chi connectivity index (χ1) is 20.0. The summed E-state index contributed by atoms with van der Waals surface area (Å²) in [5.41, 5.74) is 2.09. The van der Waals surface area contributed by atoms with Crippen LogP contribution >= 0.6 is 22.9 Å². The van der Waals surface area contributed by atoms with Gasteiger partial charge in [0.05, 0.1) is 16.1 Å². The van der Waals surface area contributed by atoms with Crippen LogP contribution in [0.1, 0.15) is 12.8 Å². The van der Waals surface area contributed by atoms with Crippen LogP contribution in [0.5, 0.6) is 6.01 Å². The molecule has 4 aromatic rings. The maximum atomic E-state index is 12.5. The maximum Gasteiger partial charge on any atom is 0.320 e. The van der Waals surface area contributed by atoms with Gasteiger partial charge in [-0.25, -0.2) is 11.6 Å². The summed E-state index contributed by atoms with van der Waals surface area (Å²) in [6.07, 6.45) is 3.51. The van der Waals surface area contributed by atoms with Crippen molar-refractivity contribution in [3.63, 3.8) is 0 Å². The maximum absolute atomic E-state index is 12.5. The van der Waals surface area contributed by atoms with Crippen LogP contribution in [0.3, 0.4) is 0 Å². The van der Waals surface area contributed by atoms with E-state index in [0.717, 1.165) is 35.0 Å². The molecule has 5 heterocycles. The Labute approximate surface area is 247 Å². The molecule has 2 aliphatic rings. The van der Waals surface area contributed by atoms with E-state index >= 15 is 0 Å². The zero-order valence-electron chi connectivity index (χ0n) is 22.8. The molecule has 0 radical (unpaired) electrons. The lowest BCUT2D eigenvalue weighted by Crippen LogP contribution is -2.56. The molecule has 6 rings (SSSR count). The van der Waals surface area contributed by atoms with Crippen LogP contribution in [0.25, 0.3) is 37.2 Å². The van der Waals surface area contributed by atoms with Crippen molar-refractivity contribution in [2.24, 2.45) is 0 Å². The van der Waals surface area contributed by atoms with Crippen molar-refractivity contribution < 1.29 is 9.53 Å². The van der Waals surface area contributed by atoms with Crippen molar-refractivity contribution in [2.45, 2.75) is 24.9 Å². The zero-order chi connectivity index (χ0) is 28.5. The number of likely N-dealkylation sites (tertiary alicyclic amines) is 1. The minimum absolute atomic E-state index is 0.174. The van der Waals surface area contributed by atoms with Gasteiger partial charge in [0.25, 0.3) is 0 Å². The molecule has 1 amide bonds. The molecule has 41 heavy (non-hydrogen) atoms. The fourth-order valence-electron chi connectivity index (χ4n) is 5.77. The van der Waals surface area contributed by atoms with Gasteiger partial charge in [0, 0.05) is 41.3 Å². The number of likely N-dealkylation sites (N-methyl/N-ethyl adjacent to an activating group) is 1. The third-order valence-electron chi connectivity index (χ3n) is 7.97. The highest BCUT2D eigenvalue weighted by atomic mass is 35.5. The van der Waals surface area contributed by atoms with Crippen LogP contribution in [0.2, 0.25) is 5.02 Å². The minimum Gasteiger partial charge on any atom is -0.462 e. The van der Waals surface area contributed by atoms with Crippen LogP contribution in [0, 0.1) is 6.57 Å². The molecule has 1 aromatic carbocycles. The number of piperazine rings is 1. The molecule has 0 unspecified atom stereocenters. The Kier molecular flexibility index (Phi) is 7.75. The molecule has 0 spiro atoms. The van der Waals surface area contributed by atoms with E-state index in [-0.39, 0.29) is 24.5 Å². The summed E-state index contributed by atoms with van der Waals surface area (Å²) in [7, 11) is 2.11. The molecule has 3 aromatic heterocycles. The Hall–Kier alpha value is -3.78. The monoisotopic (exact) mass is 587 g/mol. The number of thiophene rings is 1. The van der Waals surface area contributed by atoms with Crippen molar-refractivity contribution in [1.29, 1.82) is 0 Å². The number of fused-ring (bicyclic) bond motifs is 2. The molecule has 210 valence electrons. The molecule has 11 heteroatoms. The second-order valence-electron chi connectivity index (χ2n) is 10.4. The van der Waals surface area contributed by atoms with E-state index in [1.165, 1.54) is 6.08 Å². The molecule has 2 fully saturated rings. The summed E-state index contributed by atoms with van der Waals surface area (Å²) in [4.78, 5) is 36.8. The van der Waals surface area contributed by atoms with Gasteiger partial charge >= 0.3 is 6.01 Å². The molecule has 0 N–H and O–H groups in total. The minimum atomic E-state index is -0.299. The number of carbonyl (C=O) groups excluding carboxylic acids is 1. The van der Waals surface area contributed by atoms with Crippen molar-refractivity contribution in [2.75, 3.05) is 51.3 Å². The normalized spacial score (nSPS) is 19.5. The third-order valence-corrected chi connectivity index (χ3v) is 9.14. The lowest BCUT2D eigenvalue weighted by atomic mass is 10.1. The Balaban J connectivity index is 1.43. The van der Waals surface area contributed by atoms with E-state index in [1.54, 1.807) is 16.2 Å². The Morgan fingerprint density at radius 1 is 1.22 bits per heavy atom. The van der Waals surface area contributed by atoms with E-state index in [1.807, 2.05) is 18.2 Å². The number of aromatic nitrogens is 3. The smallest absolute Gasteiger partial charge is 0.320 e. The van der Waals surface area contributed by atoms with Crippen LogP contribution in [0.4, 0.5) is 5.82 Å². The summed E-state index contributed by atoms with van der Waals surface area (Å²) in [6, 6.07) is 10.3. The molecule has 0 aliphatic carbocycles. The van der Waals surface area contributed by atoms with Gasteiger partial charge < -0.3 is 24.3 Å². The van der Waals surface area contributed by atoms with Crippen LogP contribution in [0.15, 0.2) is 48.4 Å². The number of benzene rings is 1. The molecular formula is C30H30ClN7O2S. The highest BCUT2D eigenvalue weighted by molar-refractivity contribution is 7.17. The summed E-state index contributed by atoms with van der Waals surface area (Å²) < 4.78 is 7.36. The van der Waals surface area contributed by atoms with E-state index in [0.29, 0.717) is 59.9 Å². The van der Waals surface area contributed by atoms with Gasteiger partial charge in [0.15, 0.2) is 5.65 Å². The number of nitrogens with zero attached hydrogens (tertiary/aromatic N) is 7. The molecule has 0 saturated carbocycles. The van der Waals surface area contributed by atoms with Crippen LogP contribution < -0.4 is 9.64 Å². The van der Waals surface area contributed by atoms with Gasteiger partial charge in [-0.3, -0.25) is 4.79 Å². The number of halogens is 1. The molecule has 2 atom stereocenters. The second kappa shape index (κ2) is 11.6. The topological polar surface area (TPSA) is 79.1 Å². The summed E-state index contributed by atoms with van der Waals surface area (Å²) in [5.74, 6) is 0.465. The van der Waals surface area contributed by atoms with Gasteiger partial charge in [-0.1, -0.05) is 30.3 Å². The third kappa shape index (κ3) is 5.33. The predicted molar refractivity (Wildman–Crippen MR) is 164 cm³/mol. The standard InChI is InChI=1S/C30H30ClN7O2S/c1-4-26(39)38-13-12-37(17-20(38)16-32-2)29-23-15-24(31)27(22-8-5-9-25-21(22)10-14-41-25)33-28(23)34-30(35-29)40-18-19-7-6-11-36(19)3/h4-5,8-10,14-15,19-20H,1,6-7,11-13,16-18H2,3H3/t19-,20-/m0/s1. The molecule has 9 nitrogen and oxygen atoms in total. The van der Waals surface area contributed by atoms with Gasteiger partial charge in [0.1, 0.15) is 18.5 Å². The van der Waals surface area contributed by atoms with Crippen LogP contribution in [-0.2, 0) is 4.79 Å². The molecule has 0 bridgehead atoms. The number of hydrogen-bond acceptors (Lipinski definition) is 8. The first-order valence-electron chi connectivity index (χ1n) is 13.7. The number of anilines is 1. The Bertz CT molecular complexity index is 1670. The Morgan fingerprint density at radius 3 is 2.88 bits per heavy atom. The predicted octanol–water partition coefficient (Wildman–Crippen LogP) is 5.16. The lowest BCUT2D eigenvalue weighted by Gasteiger charge is -2.39. The molecule has 2 aliphatic heterocycles. The van der Waals surface area contributed by atoms with Gasteiger partial charge in [-0.05, 0) is 56.1 Å². The number of pyridine rings is 1. The average Bonchev–Trinajstić information content (AvgIpc) is 3.64. The second-order valence-corrected chi connectivity index (χ2v) is 11.8. The fourth-order valence-corrected chi connectivity index (χ4v) is 6.83. The lowest BCUT2D eigenvalue weighted by molar-refractivity contribution is -0.128. The van der Waals surface area contributed by atoms with Gasteiger partial charge in [-0.2, -0.15) is 9.97 Å². The van der Waals surface area contributed by atoms with Gasteiger partial charge in [-0.15, -0.1) is 11.3 Å². The van der Waals surface area contributed by atoms with Crippen molar-refractivity contribution >= 4 is 55.8 Å². The fraction of sp³-hybridized carbons (Fsp3) is 0.367. The average molecular weight is 588 g/mol. The van der Waals surface area contributed by atoms with E-state index < -0.39 is 0 Å². The summed E-state index contributed by atoms with van der Waals surface area (Å²) in [5, 5.41) is 4.35. The summed E-state index contributed by atoms with van der Waals surface area (Å²) >= 11 is 8.58. The Morgan fingerprint density at radius 2 is 2.10 bits per heavy atom. The van der Waals surface area contributed by atoms with E-state index in [2.05, 4.69) is 45.8 Å².